The van der Waals surface area contributed by atoms with Crippen LogP contribution in [0.4, 0.5) is 10.5 Å². The van der Waals surface area contributed by atoms with E-state index in [1.165, 1.54) is 30.0 Å². The van der Waals surface area contributed by atoms with Crippen LogP contribution in [-0.2, 0) is 20.9 Å². The van der Waals surface area contributed by atoms with Gasteiger partial charge in [-0.05, 0) is 33.6 Å². The Morgan fingerprint density at radius 2 is 1.62 bits per heavy atom. The zero-order valence-electron chi connectivity index (χ0n) is 28.7. The molecule has 4 rings (SSSR count). The molecule has 262 valence electrons. The van der Waals surface area contributed by atoms with E-state index in [1.807, 2.05) is 13.0 Å². The van der Waals surface area contributed by atoms with E-state index in [2.05, 4.69) is 20.6 Å². The van der Waals surface area contributed by atoms with E-state index in [4.69, 9.17) is 14.2 Å². The molecule has 1 atom stereocenters. The van der Waals surface area contributed by atoms with Crippen LogP contribution in [0.3, 0.4) is 0 Å². The van der Waals surface area contributed by atoms with Crippen LogP contribution in [0.5, 0.6) is 11.6 Å². The van der Waals surface area contributed by atoms with Crippen molar-refractivity contribution in [1.82, 2.24) is 19.9 Å². The second-order valence-electron chi connectivity index (χ2n) is 12.3. The van der Waals surface area contributed by atoms with Gasteiger partial charge < -0.3 is 19.5 Å². The molecule has 0 radical (unpaired) electrons. The summed E-state index contributed by atoms with van der Waals surface area (Å²) in [5.74, 6) is -1.45. The Labute approximate surface area is 290 Å². The van der Waals surface area contributed by atoms with E-state index >= 15 is 0 Å². The smallest absolute Gasteiger partial charge is 0.412 e. The molecule has 2 aromatic carbocycles. The number of amides is 2. The fourth-order valence-electron chi connectivity index (χ4n) is 4.87. The number of benzene rings is 2. The van der Waals surface area contributed by atoms with Crippen molar-refractivity contribution in [3.8, 4) is 23.0 Å². The number of ether oxygens (including phenoxy) is 3. The topological polar surface area (TPSA) is 168 Å². The number of rotatable bonds is 14. The first kappa shape index (κ1) is 37.0. The maximum absolute atomic E-state index is 13.6. The number of unbranched alkanes of at least 4 members (excludes halogenated alkanes) is 1. The van der Waals surface area contributed by atoms with Gasteiger partial charge in [0.25, 0.3) is 5.56 Å². The summed E-state index contributed by atoms with van der Waals surface area (Å²) in [7, 11) is 0. The van der Waals surface area contributed by atoms with E-state index in [-0.39, 0.29) is 35.2 Å². The minimum Gasteiger partial charge on any atom is -0.472 e. The molecule has 0 fully saturated rings. The van der Waals surface area contributed by atoms with E-state index in [1.54, 1.807) is 75.4 Å². The molecule has 0 aliphatic carbocycles. The van der Waals surface area contributed by atoms with Gasteiger partial charge in [-0.3, -0.25) is 29.1 Å². The van der Waals surface area contributed by atoms with Gasteiger partial charge in [0.15, 0.2) is 0 Å². The van der Waals surface area contributed by atoms with Crippen LogP contribution in [0.2, 0.25) is 0 Å². The summed E-state index contributed by atoms with van der Waals surface area (Å²) in [6.45, 7) is 7.87. The summed E-state index contributed by atoms with van der Waals surface area (Å²) in [6.07, 6.45) is 3.14. The number of pyridine rings is 1. The van der Waals surface area contributed by atoms with Gasteiger partial charge in [-0.15, -0.1) is 0 Å². The van der Waals surface area contributed by atoms with Crippen molar-refractivity contribution in [2.24, 2.45) is 0 Å². The molecule has 2 amide bonds. The Balaban J connectivity index is 1.59. The molecule has 2 aromatic heterocycles. The molecule has 1 unspecified atom stereocenters. The number of nitrogens with zero attached hydrogens (tertiary/aromatic N) is 3. The Morgan fingerprint density at radius 1 is 0.940 bits per heavy atom. The van der Waals surface area contributed by atoms with Crippen LogP contribution in [0, 0.1) is 0 Å². The molecular formula is C37H41N5O8. The van der Waals surface area contributed by atoms with Crippen molar-refractivity contribution in [3.63, 3.8) is 0 Å². The molecule has 4 aromatic rings. The van der Waals surface area contributed by atoms with Crippen LogP contribution in [0.1, 0.15) is 69.8 Å². The molecule has 13 nitrogen and oxygen atoms in total. The third-order valence-corrected chi connectivity index (χ3v) is 7.10. The summed E-state index contributed by atoms with van der Waals surface area (Å²) in [5.41, 5.74) is -0.724. The highest BCUT2D eigenvalue weighted by Crippen LogP contribution is 2.30. The Kier molecular flexibility index (Phi) is 12.6. The standard InChI is InChI=1S/C37H41N5O8/c1-6-7-18-27(49-34-31(29(19-20-38-34)48-24(2)43)32(45)25-14-10-8-11-15-25)21-39-30(44)23-42-33(26-16-12-9-13-17-26)40-22-28(35(42)46)41-36(47)50-37(3,4)5/h8-17,19-20,22,27H,6-7,18,21,23H2,1-5H3,(H,39,44)(H,41,47). The average molecular weight is 684 g/mol. The minimum absolute atomic E-state index is 0.00400. The zero-order chi connectivity index (χ0) is 36.3. The van der Waals surface area contributed by atoms with Crippen molar-refractivity contribution >= 4 is 29.4 Å². The van der Waals surface area contributed by atoms with Crippen molar-refractivity contribution in [1.29, 1.82) is 0 Å². The van der Waals surface area contributed by atoms with Gasteiger partial charge in [0.1, 0.15) is 41.1 Å². The monoisotopic (exact) mass is 683 g/mol. The van der Waals surface area contributed by atoms with Gasteiger partial charge in [-0.25, -0.2) is 14.8 Å². The lowest BCUT2D eigenvalue weighted by Gasteiger charge is -2.22. The lowest BCUT2D eigenvalue weighted by atomic mass is 10.0. The maximum Gasteiger partial charge on any atom is 0.412 e. The second-order valence-corrected chi connectivity index (χ2v) is 12.3. The van der Waals surface area contributed by atoms with Crippen LogP contribution < -0.4 is 25.7 Å². The summed E-state index contributed by atoms with van der Waals surface area (Å²) in [5, 5.41) is 5.25. The van der Waals surface area contributed by atoms with Crippen LogP contribution in [0.15, 0.2) is 83.9 Å². The Hall–Kier alpha value is -5.85. The number of ketones is 1. The fourth-order valence-corrected chi connectivity index (χ4v) is 4.87. The van der Waals surface area contributed by atoms with Gasteiger partial charge >= 0.3 is 12.1 Å². The third-order valence-electron chi connectivity index (χ3n) is 7.10. The summed E-state index contributed by atoms with van der Waals surface area (Å²) < 4.78 is 18.1. The van der Waals surface area contributed by atoms with Crippen molar-refractivity contribution in [2.75, 3.05) is 11.9 Å². The van der Waals surface area contributed by atoms with Crippen molar-refractivity contribution < 1.29 is 33.4 Å². The van der Waals surface area contributed by atoms with E-state index in [9.17, 15) is 24.0 Å². The molecule has 0 spiro atoms. The van der Waals surface area contributed by atoms with E-state index < -0.39 is 47.6 Å². The summed E-state index contributed by atoms with van der Waals surface area (Å²) >= 11 is 0. The predicted octanol–water partition coefficient (Wildman–Crippen LogP) is 5.56. The van der Waals surface area contributed by atoms with Crippen molar-refractivity contribution in [2.45, 2.75) is 72.1 Å². The van der Waals surface area contributed by atoms with E-state index in [0.717, 1.165) is 12.8 Å². The first-order valence-electron chi connectivity index (χ1n) is 16.2. The normalized spacial score (nSPS) is 11.6. The van der Waals surface area contributed by atoms with Gasteiger partial charge in [0.05, 0.1) is 12.7 Å². The van der Waals surface area contributed by atoms with Crippen LogP contribution >= 0.6 is 0 Å². The van der Waals surface area contributed by atoms with E-state index in [0.29, 0.717) is 17.5 Å². The SMILES string of the molecule is CCCCC(CNC(=O)Cn1c(-c2ccccc2)ncc(NC(=O)OC(C)(C)C)c1=O)Oc1nccc(OC(C)=O)c1C(=O)c1ccccc1. The highest BCUT2D eigenvalue weighted by Gasteiger charge is 2.26. The number of esters is 1. The van der Waals surface area contributed by atoms with Gasteiger partial charge in [-0.1, -0.05) is 74.0 Å². The molecule has 0 aliphatic rings. The lowest BCUT2D eigenvalue weighted by molar-refractivity contribution is -0.132. The summed E-state index contributed by atoms with van der Waals surface area (Å²) in [4.78, 5) is 73.7. The molecule has 0 saturated heterocycles. The van der Waals surface area contributed by atoms with Crippen LogP contribution in [0.25, 0.3) is 11.4 Å². The Morgan fingerprint density at radius 3 is 2.26 bits per heavy atom. The molecule has 0 bridgehead atoms. The highest BCUT2D eigenvalue weighted by molar-refractivity contribution is 6.12. The molecule has 2 N–H and O–H groups in total. The minimum atomic E-state index is -0.840. The Bertz CT molecular complexity index is 1870. The number of nitrogens with one attached hydrogen (secondary N) is 2. The van der Waals surface area contributed by atoms with Gasteiger partial charge in [0, 0.05) is 30.3 Å². The third kappa shape index (κ3) is 10.3. The quantitative estimate of drug-likeness (QED) is 0.127. The van der Waals surface area contributed by atoms with Crippen molar-refractivity contribution in [3.05, 3.63) is 101 Å². The molecule has 13 heteroatoms. The number of hydrogen-bond acceptors (Lipinski definition) is 10. The molecule has 50 heavy (non-hydrogen) atoms. The largest absolute Gasteiger partial charge is 0.472 e. The van der Waals surface area contributed by atoms with Gasteiger partial charge in [0.2, 0.25) is 17.6 Å². The number of carbonyl (C=O) groups excluding carboxylic acids is 4. The summed E-state index contributed by atoms with van der Waals surface area (Å²) in [6, 6.07) is 18.7. The number of carbonyl (C=O) groups is 4. The zero-order valence-corrected chi connectivity index (χ0v) is 28.7. The number of hydrogen-bond donors (Lipinski definition) is 2. The number of anilines is 1. The highest BCUT2D eigenvalue weighted by atomic mass is 16.6. The molecule has 0 aliphatic heterocycles. The molecular weight excluding hydrogens is 642 g/mol. The average Bonchev–Trinajstić information content (AvgIpc) is 3.07. The lowest BCUT2D eigenvalue weighted by Crippen LogP contribution is -2.40. The van der Waals surface area contributed by atoms with Gasteiger partial charge in [-0.2, -0.15) is 0 Å². The number of aromatic nitrogens is 3. The molecule has 2 heterocycles. The first-order chi connectivity index (χ1) is 23.9. The predicted molar refractivity (Wildman–Crippen MR) is 186 cm³/mol. The van der Waals surface area contributed by atoms with Crippen LogP contribution in [-0.4, -0.2) is 56.5 Å². The maximum atomic E-state index is 13.6. The molecule has 0 saturated carbocycles. The second kappa shape index (κ2) is 17.0. The first-order valence-corrected chi connectivity index (χ1v) is 16.2. The fraction of sp³-hybridized carbons (Fsp3) is 0.324.